The second-order valence-corrected chi connectivity index (χ2v) is 7.09. The van der Waals surface area contributed by atoms with Crippen LogP contribution in [0, 0.1) is 0 Å². The third kappa shape index (κ3) is 4.34. The van der Waals surface area contributed by atoms with Gasteiger partial charge in [-0.1, -0.05) is 30.7 Å². The number of hydrogen-bond acceptors (Lipinski definition) is 5. The molecule has 0 radical (unpaired) electrons. The van der Waals surface area contributed by atoms with Crippen molar-refractivity contribution in [2.75, 3.05) is 6.54 Å². The van der Waals surface area contributed by atoms with Gasteiger partial charge in [0.25, 0.3) is 0 Å². The Labute approximate surface area is 170 Å². The van der Waals surface area contributed by atoms with E-state index in [9.17, 15) is 5.11 Å². The Hall–Kier alpha value is -3.09. The van der Waals surface area contributed by atoms with Crippen molar-refractivity contribution < 1.29 is 5.11 Å². The third-order valence-corrected chi connectivity index (χ3v) is 4.98. The number of unbranched alkanes of at least 4 members (excludes halogenated alkanes) is 2. The lowest BCUT2D eigenvalue weighted by Crippen LogP contribution is -2.01. The van der Waals surface area contributed by atoms with Crippen molar-refractivity contribution in [1.82, 2.24) is 19.7 Å². The summed E-state index contributed by atoms with van der Waals surface area (Å²) in [6, 6.07) is 18.0. The Bertz CT molecular complexity index is 1110. The van der Waals surface area contributed by atoms with Crippen molar-refractivity contribution in [2.24, 2.45) is 5.73 Å². The van der Waals surface area contributed by atoms with Gasteiger partial charge in [0.1, 0.15) is 0 Å². The van der Waals surface area contributed by atoms with E-state index in [0.717, 1.165) is 60.1 Å². The van der Waals surface area contributed by atoms with Crippen LogP contribution in [0.5, 0.6) is 0 Å². The topological polar surface area (TPSA) is 89.8 Å². The zero-order valence-corrected chi connectivity index (χ0v) is 16.3. The normalized spacial score (nSPS) is 11.2. The third-order valence-electron chi connectivity index (χ3n) is 4.98. The average Bonchev–Trinajstić information content (AvgIpc) is 3.20. The summed E-state index contributed by atoms with van der Waals surface area (Å²) in [5, 5.41) is 14.9. The molecule has 0 bridgehead atoms. The standard InChI is InChI=1S/C23H25N5O/c24-13-3-1-2-6-19-7-4-9-21(26-19)17-11-12-18-15-25-28(22(18)14-17)23-10-5-8-20(16-29)27-23/h4-5,7-12,14-15,29H,1-3,6,13,16,24H2. The monoisotopic (exact) mass is 387 g/mol. The van der Waals surface area contributed by atoms with Crippen molar-refractivity contribution >= 4 is 10.9 Å². The van der Waals surface area contributed by atoms with Crippen molar-refractivity contribution in [3.8, 4) is 17.1 Å². The molecule has 0 spiro atoms. The summed E-state index contributed by atoms with van der Waals surface area (Å²) >= 11 is 0. The SMILES string of the molecule is NCCCCCc1cccc(-c2ccc3cnn(-c4cccc(CO)n4)c3c2)n1. The zero-order chi connectivity index (χ0) is 20.1. The number of pyridine rings is 2. The first-order chi connectivity index (χ1) is 14.3. The number of nitrogens with zero attached hydrogens (tertiary/aromatic N) is 4. The average molecular weight is 387 g/mol. The molecule has 0 saturated heterocycles. The van der Waals surface area contributed by atoms with Gasteiger partial charge < -0.3 is 10.8 Å². The Morgan fingerprint density at radius 3 is 2.62 bits per heavy atom. The summed E-state index contributed by atoms with van der Waals surface area (Å²) in [7, 11) is 0. The fourth-order valence-electron chi connectivity index (χ4n) is 3.44. The first kappa shape index (κ1) is 19.2. The van der Waals surface area contributed by atoms with E-state index in [4.69, 9.17) is 10.7 Å². The first-order valence-electron chi connectivity index (χ1n) is 10.00. The molecule has 0 aliphatic heterocycles. The van der Waals surface area contributed by atoms with Crippen LogP contribution in [0.2, 0.25) is 0 Å². The minimum absolute atomic E-state index is 0.0969. The maximum Gasteiger partial charge on any atom is 0.154 e. The molecular formula is C23H25N5O. The summed E-state index contributed by atoms with van der Waals surface area (Å²) in [6.07, 6.45) is 6.09. The summed E-state index contributed by atoms with van der Waals surface area (Å²) in [6.45, 7) is 0.650. The van der Waals surface area contributed by atoms with Crippen molar-refractivity contribution in [2.45, 2.75) is 32.3 Å². The number of nitrogens with two attached hydrogens (primary N) is 1. The summed E-state index contributed by atoms with van der Waals surface area (Å²) in [5.74, 6) is 0.685. The molecule has 0 fully saturated rings. The van der Waals surface area contributed by atoms with E-state index in [-0.39, 0.29) is 6.61 Å². The van der Waals surface area contributed by atoms with Gasteiger partial charge in [0.15, 0.2) is 5.82 Å². The van der Waals surface area contributed by atoms with E-state index in [2.05, 4.69) is 40.4 Å². The molecule has 0 aliphatic rings. The lowest BCUT2D eigenvalue weighted by molar-refractivity contribution is 0.276. The van der Waals surface area contributed by atoms with Crippen molar-refractivity contribution in [3.63, 3.8) is 0 Å². The molecule has 6 nitrogen and oxygen atoms in total. The molecule has 4 rings (SSSR count). The lowest BCUT2D eigenvalue weighted by atomic mass is 10.1. The quantitative estimate of drug-likeness (QED) is 0.451. The van der Waals surface area contributed by atoms with E-state index in [1.165, 1.54) is 0 Å². The number of aryl methyl sites for hydroxylation is 1. The molecule has 0 saturated carbocycles. The molecule has 3 aromatic heterocycles. The summed E-state index contributed by atoms with van der Waals surface area (Å²) in [5.41, 5.74) is 10.2. The maximum atomic E-state index is 9.38. The fraction of sp³-hybridized carbons (Fsp3) is 0.261. The molecule has 0 unspecified atom stereocenters. The number of hydrogen-bond donors (Lipinski definition) is 2. The van der Waals surface area contributed by atoms with Crippen LogP contribution in [0.3, 0.4) is 0 Å². The highest BCUT2D eigenvalue weighted by molar-refractivity contribution is 5.84. The van der Waals surface area contributed by atoms with Gasteiger partial charge in [0.05, 0.1) is 29.7 Å². The zero-order valence-electron chi connectivity index (χ0n) is 16.3. The van der Waals surface area contributed by atoms with E-state index >= 15 is 0 Å². The molecule has 4 aromatic rings. The maximum absolute atomic E-state index is 9.38. The van der Waals surface area contributed by atoms with Crippen LogP contribution in [-0.4, -0.2) is 31.4 Å². The molecular weight excluding hydrogens is 362 g/mol. The number of fused-ring (bicyclic) bond motifs is 1. The highest BCUT2D eigenvalue weighted by atomic mass is 16.3. The lowest BCUT2D eigenvalue weighted by Gasteiger charge is -2.07. The Kier molecular flexibility index (Phi) is 5.93. The van der Waals surface area contributed by atoms with Crippen molar-refractivity contribution in [1.29, 1.82) is 0 Å². The van der Waals surface area contributed by atoms with Crippen LogP contribution < -0.4 is 5.73 Å². The molecule has 148 valence electrons. The van der Waals surface area contributed by atoms with E-state index in [0.29, 0.717) is 11.5 Å². The largest absolute Gasteiger partial charge is 0.390 e. The first-order valence-corrected chi connectivity index (χ1v) is 10.00. The molecule has 0 aliphatic carbocycles. The van der Waals surface area contributed by atoms with Gasteiger partial charge >= 0.3 is 0 Å². The van der Waals surface area contributed by atoms with E-state index in [1.54, 1.807) is 10.7 Å². The molecule has 0 amide bonds. The van der Waals surface area contributed by atoms with Gasteiger partial charge in [-0.25, -0.2) is 9.67 Å². The van der Waals surface area contributed by atoms with Gasteiger partial charge in [-0.15, -0.1) is 0 Å². The minimum atomic E-state index is -0.0969. The second kappa shape index (κ2) is 8.94. The van der Waals surface area contributed by atoms with Gasteiger partial charge in [0, 0.05) is 16.6 Å². The molecule has 6 heteroatoms. The fourth-order valence-corrected chi connectivity index (χ4v) is 3.44. The number of rotatable bonds is 8. The predicted molar refractivity (Wildman–Crippen MR) is 115 cm³/mol. The highest BCUT2D eigenvalue weighted by Gasteiger charge is 2.09. The smallest absolute Gasteiger partial charge is 0.154 e. The number of benzene rings is 1. The number of aliphatic hydroxyl groups excluding tert-OH is 1. The second-order valence-electron chi connectivity index (χ2n) is 7.09. The van der Waals surface area contributed by atoms with E-state index in [1.807, 2.05) is 24.4 Å². The molecule has 29 heavy (non-hydrogen) atoms. The number of aromatic nitrogens is 4. The Morgan fingerprint density at radius 2 is 1.76 bits per heavy atom. The van der Waals surface area contributed by atoms with Gasteiger partial charge in [0.2, 0.25) is 0 Å². The summed E-state index contributed by atoms with van der Waals surface area (Å²) < 4.78 is 1.80. The van der Waals surface area contributed by atoms with E-state index < -0.39 is 0 Å². The van der Waals surface area contributed by atoms with Crippen LogP contribution in [0.4, 0.5) is 0 Å². The van der Waals surface area contributed by atoms with Crippen LogP contribution in [0.25, 0.3) is 28.0 Å². The Morgan fingerprint density at radius 1 is 0.897 bits per heavy atom. The van der Waals surface area contributed by atoms with Gasteiger partial charge in [-0.2, -0.15) is 5.10 Å². The van der Waals surface area contributed by atoms with Gasteiger partial charge in [-0.05, 0) is 56.1 Å². The van der Waals surface area contributed by atoms with Crippen LogP contribution in [0.1, 0.15) is 30.7 Å². The highest BCUT2D eigenvalue weighted by Crippen LogP contribution is 2.25. The van der Waals surface area contributed by atoms with Crippen LogP contribution in [0.15, 0.2) is 60.8 Å². The summed E-state index contributed by atoms with van der Waals surface area (Å²) in [4.78, 5) is 9.33. The Balaban J connectivity index is 1.65. The molecule has 0 atom stereocenters. The minimum Gasteiger partial charge on any atom is -0.390 e. The van der Waals surface area contributed by atoms with Crippen LogP contribution >= 0.6 is 0 Å². The molecule has 1 aromatic carbocycles. The van der Waals surface area contributed by atoms with Crippen molar-refractivity contribution in [3.05, 3.63) is 72.2 Å². The molecule has 3 heterocycles. The predicted octanol–water partition coefficient (Wildman–Crippen LogP) is 3.65. The van der Waals surface area contributed by atoms with Crippen LogP contribution in [-0.2, 0) is 13.0 Å². The van der Waals surface area contributed by atoms with Gasteiger partial charge in [-0.3, -0.25) is 4.98 Å². The molecule has 3 N–H and O–H groups in total. The number of aliphatic hydroxyl groups is 1.